The molecule has 1 aromatic carbocycles. The van der Waals surface area contributed by atoms with Gasteiger partial charge in [-0.05, 0) is 19.1 Å². The summed E-state index contributed by atoms with van der Waals surface area (Å²) in [5.74, 6) is -0.788. The standard InChI is InChI=1S/C14H13F3N4O3S/c1-8-3-2-4-9(5-8)11-20-21-13(24-11)25-6-10(22)19-12(23)18-7-14(15,16)17/h2-5H,6-7H2,1H3,(H2,18,19,22,23). The maximum atomic E-state index is 11.9. The van der Waals surface area contributed by atoms with E-state index in [1.165, 1.54) is 5.32 Å². The van der Waals surface area contributed by atoms with Crippen LogP contribution in [0.15, 0.2) is 33.9 Å². The van der Waals surface area contributed by atoms with E-state index in [9.17, 15) is 22.8 Å². The number of aromatic nitrogens is 2. The monoisotopic (exact) mass is 374 g/mol. The molecule has 2 rings (SSSR count). The van der Waals surface area contributed by atoms with Crippen LogP contribution in [0.3, 0.4) is 0 Å². The van der Waals surface area contributed by atoms with E-state index >= 15 is 0 Å². The number of nitrogens with one attached hydrogen (secondary N) is 2. The highest BCUT2D eigenvalue weighted by molar-refractivity contribution is 7.99. The Hall–Kier alpha value is -2.56. The first-order chi connectivity index (χ1) is 11.7. The molecule has 2 aromatic rings. The maximum Gasteiger partial charge on any atom is 0.405 e. The summed E-state index contributed by atoms with van der Waals surface area (Å²) in [6.45, 7) is 0.381. The predicted octanol–water partition coefficient (Wildman–Crippen LogP) is 2.53. The first kappa shape index (κ1) is 18.8. The van der Waals surface area contributed by atoms with Gasteiger partial charge in [0.2, 0.25) is 11.8 Å². The number of rotatable bonds is 5. The molecule has 0 radical (unpaired) electrons. The summed E-state index contributed by atoms with van der Waals surface area (Å²) in [6, 6.07) is 6.14. The Labute approximate surface area is 144 Å². The van der Waals surface area contributed by atoms with Gasteiger partial charge in [0.1, 0.15) is 6.54 Å². The van der Waals surface area contributed by atoms with Gasteiger partial charge in [-0.25, -0.2) is 4.79 Å². The summed E-state index contributed by atoms with van der Waals surface area (Å²) < 4.78 is 41.2. The maximum absolute atomic E-state index is 11.9. The van der Waals surface area contributed by atoms with Crippen molar-refractivity contribution >= 4 is 23.7 Å². The van der Waals surface area contributed by atoms with Crippen LogP contribution in [0.4, 0.5) is 18.0 Å². The summed E-state index contributed by atoms with van der Waals surface area (Å²) in [5.41, 5.74) is 1.73. The lowest BCUT2D eigenvalue weighted by atomic mass is 10.1. The molecule has 0 aliphatic rings. The zero-order chi connectivity index (χ0) is 18.4. The van der Waals surface area contributed by atoms with Crippen molar-refractivity contribution in [3.8, 4) is 11.5 Å². The Kier molecular flexibility index (Phi) is 6.02. The van der Waals surface area contributed by atoms with Crippen molar-refractivity contribution in [1.29, 1.82) is 0 Å². The number of aryl methyl sites for hydroxylation is 1. The first-order valence-electron chi connectivity index (χ1n) is 6.91. The van der Waals surface area contributed by atoms with Crippen molar-refractivity contribution in [1.82, 2.24) is 20.8 Å². The molecular weight excluding hydrogens is 361 g/mol. The van der Waals surface area contributed by atoms with Crippen molar-refractivity contribution in [2.45, 2.75) is 18.3 Å². The molecule has 0 bridgehead atoms. The number of carbonyl (C=O) groups is 2. The largest absolute Gasteiger partial charge is 0.411 e. The molecule has 1 heterocycles. The fourth-order valence-electron chi connectivity index (χ4n) is 1.68. The van der Waals surface area contributed by atoms with Crippen molar-refractivity contribution in [2.24, 2.45) is 0 Å². The van der Waals surface area contributed by atoms with Gasteiger partial charge in [-0.15, -0.1) is 10.2 Å². The molecule has 2 N–H and O–H groups in total. The first-order valence-corrected chi connectivity index (χ1v) is 7.89. The third-order valence-corrected chi connectivity index (χ3v) is 3.52. The third kappa shape index (κ3) is 6.45. The normalized spacial score (nSPS) is 11.2. The molecule has 0 aliphatic carbocycles. The Bertz CT molecular complexity index is 764. The quantitative estimate of drug-likeness (QED) is 0.781. The summed E-state index contributed by atoms with van der Waals surface area (Å²) in [6.07, 6.45) is -4.55. The van der Waals surface area contributed by atoms with Gasteiger partial charge in [-0.1, -0.05) is 29.5 Å². The second kappa shape index (κ2) is 8.01. The fourth-order valence-corrected chi connectivity index (χ4v) is 2.24. The average Bonchev–Trinajstić information content (AvgIpc) is 2.99. The molecule has 0 aliphatic heterocycles. The minimum atomic E-state index is -4.55. The van der Waals surface area contributed by atoms with E-state index in [0.717, 1.165) is 22.9 Å². The van der Waals surface area contributed by atoms with Gasteiger partial charge in [-0.2, -0.15) is 13.2 Å². The molecule has 0 saturated heterocycles. The molecule has 0 fully saturated rings. The van der Waals surface area contributed by atoms with E-state index in [1.807, 2.05) is 25.1 Å². The number of carbonyl (C=O) groups excluding carboxylic acids is 2. The van der Waals surface area contributed by atoms with E-state index < -0.39 is 24.7 Å². The zero-order valence-electron chi connectivity index (χ0n) is 12.9. The predicted molar refractivity (Wildman–Crippen MR) is 82.8 cm³/mol. The molecule has 11 heteroatoms. The topological polar surface area (TPSA) is 97.1 Å². The number of hydrogen-bond acceptors (Lipinski definition) is 6. The number of halogens is 3. The van der Waals surface area contributed by atoms with Gasteiger partial charge >= 0.3 is 12.2 Å². The lowest BCUT2D eigenvalue weighted by Crippen LogP contribution is -2.43. The minimum absolute atomic E-state index is 0.0994. The lowest BCUT2D eigenvalue weighted by Gasteiger charge is -2.08. The van der Waals surface area contributed by atoms with Crippen LogP contribution >= 0.6 is 11.8 Å². The van der Waals surface area contributed by atoms with Crippen LogP contribution < -0.4 is 10.6 Å². The SMILES string of the molecule is Cc1cccc(-c2nnc(SCC(=O)NC(=O)NCC(F)(F)F)o2)c1. The number of hydrogen-bond donors (Lipinski definition) is 2. The molecule has 0 unspecified atom stereocenters. The second-order valence-electron chi connectivity index (χ2n) is 4.88. The highest BCUT2D eigenvalue weighted by Gasteiger charge is 2.28. The van der Waals surface area contributed by atoms with Crippen molar-refractivity contribution in [3.05, 3.63) is 29.8 Å². The van der Waals surface area contributed by atoms with Gasteiger partial charge in [0.25, 0.3) is 5.22 Å². The van der Waals surface area contributed by atoms with Gasteiger partial charge in [0.15, 0.2) is 0 Å². The van der Waals surface area contributed by atoms with E-state index in [0.29, 0.717) is 0 Å². The van der Waals surface area contributed by atoms with Crippen LogP contribution in [0.1, 0.15) is 5.56 Å². The molecule has 0 saturated carbocycles. The molecule has 3 amide bonds. The Morgan fingerprint density at radius 2 is 2.04 bits per heavy atom. The van der Waals surface area contributed by atoms with Gasteiger partial charge in [-0.3, -0.25) is 10.1 Å². The molecule has 0 atom stereocenters. The number of urea groups is 1. The van der Waals surface area contributed by atoms with E-state index in [-0.39, 0.29) is 16.9 Å². The Morgan fingerprint density at radius 3 is 2.72 bits per heavy atom. The summed E-state index contributed by atoms with van der Waals surface area (Å²) >= 11 is 0.859. The molecular formula is C14H13F3N4O3S. The van der Waals surface area contributed by atoms with Crippen LogP contribution in [0, 0.1) is 6.92 Å². The number of alkyl halides is 3. The highest BCUT2D eigenvalue weighted by Crippen LogP contribution is 2.23. The van der Waals surface area contributed by atoms with E-state index in [1.54, 1.807) is 11.4 Å². The minimum Gasteiger partial charge on any atom is -0.411 e. The zero-order valence-corrected chi connectivity index (χ0v) is 13.7. The lowest BCUT2D eigenvalue weighted by molar-refractivity contribution is -0.124. The number of amides is 3. The van der Waals surface area contributed by atoms with Crippen LogP contribution in [0.25, 0.3) is 11.5 Å². The Balaban J connectivity index is 1.81. The molecule has 0 spiro atoms. The van der Waals surface area contributed by atoms with Gasteiger partial charge < -0.3 is 9.73 Å². The van der Waals surface area contributed by atoms with Crippen molar-refractivity contribution < 1.29 is 27.2 Å². The van der Waals surface area contributed by atoms with Crippen molar-refractivity contribution in [3.63, 3.8) is 0 Å². The highest BCUT2D eigenvalue weighted by atomic mass is 32.2. The molecule has 7 nitrogen and oxygen atoms in total. The summed E-state index contributed by atoms with van der Waals surface area (Å²) in [7, 11) is 0. The number of thioether (sulfide) groups is 1. The second-order valence-corrected chi connectivity index (χ2v) is 5.80. The molecule has 1 aromatic heterocycles. The number of benzene rings is 1. The van der Waals surface area contributed by atoms with Crippen LogP contribution in [-0.4, -0.2) is 40.6 Å². The number of imide groups is 1. The van der Waals surface area contributed by atoms with Crippen LogP contribution in [0.2, 0.25) is 0 Å². The summed E-state index contributed by atoms with van der Waals surface area (Å²) in [5, 5.41) is 11.0. The smallest absolute Gasteiger partial charge is 0.405 e. The van der Waals surface area contributed by atoms with Crippen LogP contribution in [0.5, 0.6) is 0 Å². The number of nitrogens with zero attached hydrogens (tertiary/aromatic N) is 2. The Morgan fingerprint density at radius 1 is 1.28 bits per heavy atom. The average molecular weight is 374 g/mol. The van der Waals surface area contributed by atoms with Crippen molar-refractivity contribution in [2.75, 3.05) is 12.3 Å². The molecule has 134 valence electrons. The van der Waals surface area contributed by atoms with Gasteiger partial charge in [0, 0.05) is 5.56 Å². The van der Waals surface area contributed by atoms with E-state index in [4.69, 9.17) is 4.42 Å². The summed E-state index contributed by atoms with van der Waals surface area (Å²) in [4.78, 5) is 22.6. The third-order valence-electron chi connectivity index (χ3n) is 2.70. The van der Waals surface area contributed by atoms with Crippen LogP contribution in [-0.2, 0) is 4.79 Å². The van der Waals surface area contributed by atoms with Gasteiger partial charge in [0.05, 0.1) is 5.75 Å². The molecule has 25 heavy (non-hydrogen) atoms. The van der Waals surface area contributed by atoms with E-state index in [2.05, 4.69) is 10.2 Å². The fraction of sp³-hybridized carbons (Fsp3) is 0.286.